The van der Waals surface area contributed by atoms with Crippen LogP contribution in [-0.2, 0) is 11.0 Å². The van der Waals surface area contributed by atoms with Crippen molar-refractivity contribution in [2.75, 3.05) is 14.2 Å². The lowest BCUT2D eigenvalue weighted by Gasteiger charge is -2.15. The number of carbonyl (C=O) groups excluding carboxylic acids is 2. The number of thioether (sulfide) groups is 1. The lowest BCUT2D eigenvalue weighted by molar-refractivity contribution is -0.385. The third kappa shape index (κ3) is 6.58. The summed E-state index contributed by atoms with van der Waals surface area (Å²) in [5.41, 5.74) is 1.10. The molecule has 0 aromatic heterocycles. The Morgan fingerprint density at radius 2 is 1.71 bits per heavy atom. The fraction of sp³-hybridized carbons (Fsp3) is 0.115. The lowest BCUT2D eigenvalue weighted by atomic mass is 10.1. The van der Waals surface area contributed by atoms with Crippen LogP contribution in [0.2, 0.25) is 0 Å². The molecule has 0 atom stereocenters. The molecule has 2 amide bonds. The van der Waals surface area contributed by atoms with Crippen LogP contribution in [0.3, 0.4) is 0 Å². The minimum absolute atomic E-state index is 0.0215. The van der Waals surface area contributed by atoms with E-state index in [0.717, 1.165) is 22.8 Å². The van der Waals surface area contributed by atoms with Gasteiger partial charge in [0.1, 0.15) is 5.75 Å². The molecule has 212 valence electrons. The van der Waals surface area contributed by atoms with Gasteiger partial charge in [-0.05, 0) is 72.4 Å². The summed E-state index contributed by atoms with van der Waals surface area (Å²) in [6, 6.07) is 12.4. The summed E-state index contributed by atoms with van der Waals surface area (Å²) in [6.45, 7) is 0. The number of nitro benzene ring substituents is 1. The number of rotatable bonds is 8. The Balaban J connectivity index is 1.53. The van der Waals surface area contributed by atoms with Crippen molar-refractivity contribution in [3.8, 4) is 23.0 Å². The quantitative estimate of drug-likeness (QED) is 0.143. The van der Waals surface area contributed by atoms with Gasteiger partial charge in [-0.15, -0.1) is 0 Å². The topological polar surface area (TPSA) is 120 Å². The minimum atomic E-state index is -4.78. The molecule has 1 aliphatic rings. The van der Waals surface area contributed by atoms with Crippen LogP contribution in [0.1, 0.15) is 21.5 Å². The number of hydrogen-bond donors (Lipinski definition) is 1. The predicted octanol–water partition coefficient (Wildman–Crippen LogP) is 5.97. The van der Waals surface area contributed by atoms with Gasteiger partial charge in [0.2, 0.25) is 5.75 Å². The molecule has 0 radical (unpaired) electrons. The largest absolute Gasteiger partial charge is 0.497 e. The van der Waals surface area contributed by atoms with E-state index in [1.165, 1.54) is 50.6 Å². The SMILES string of the molecule is COc1ccc(C(=O)NN2C(=O)/C(=C\c3ccc(Oc4ccc(C(F)(F)F)cc4[N+](=O)[O-])c(OC)c3)SC2=S)cc1. The van der Waals surface area contributed by atoms with Crippen LogP contribution in [0, 0.1) is 10.1 Å². The van der Waals surface area contributed by atoms with Gasteiger partial charge in [0.25, 0.3) is 11.8 Å². The summed E-state index contributed by atoms with van der Waals surface area (Å²) in [5, 5.41) is 12.3. The van der Waals surface area contributed by atoms with Gasteiger partial charge < -0.3 is 14.2 Å². The molecule has 0 spiro atoms. The van der Waals surface area contributed by atoms with Crippen LogP contribution in [0.15, 0.2) is 65.6 Å². The zero-order valence-electron chi connectivity index (χ0n) is 21.1. The van der Waals surface area contributed by atoms with E-state index in [0.29, 0.717) is 23.4 Å². The van der Waals surface area contributed by atoms with Gasteiger partial charge in [-0.3, -0.25) is 25.1 Å². The molecule has 0 saturated carbocycles. The molecule has 1 fully saturated rings. The number of benzene rings is 3. The van der Waals surface area contributed by atoms with Crippen LogP contribution < -0.4 is 19.6 Å². The lowest BCUT2D eigenvalue weighted by Crippen LogP contribution is -2.44. The highest BCUT2D eigenvalue weighted by Crippen LogP contribution is 2.41. The molecule has 1 N–H and O–H groups in total. The van der Waals surface area contributed by atoms with Gasteiger partial charge in [-0.25, -0.2) is 0 Å². The summed E-state index contributed by atoms with van der Waals surface area (Å²) in [4.78, 5) is 36.1. The standard InChI is InChI=1S/C26H18F3N3O7S2/c1-37-17-7-4-15(5-8-17)23(33)30-31-24(34)22(41-25(31)40)12-14-3-9-20(21(11-14)38-2)39-19-10-6-16(26(27,28)29)13-18(19)32(35)36/h3-13H,1-2H3,(H,30,33)/b22-12+. The maximum Gasteiger partial charge on any atom is 0.416 e. The van der Waals surface area contributed by atoms with Crippen molar-refractivity contribution in [1.29, 1.82) is 0 Å². The Bertz CT molecular complexity index is 1580. The highest BCUT2D eigenvalue weighted by molar-refractivity contribution is 8.26. The van der Waals surface area contributed by atoms with Crippen molar-refractivity contribution >= 4 is 51.9 Å². The number of amides is 2. The summed E-state index contributed by atoms with van der Waals surface area (Å²) < 4.78 is 55.0. The minimum Gasteiger partial charge on any atom is -0.497 e. The predicted molar refractivity (Wildman–Crippen MR) is 147 cm³/mol. The van der Waals surface area contributed by atoms with Crippen LogP contribution in [-0.4, -0.2) is 40.3 Å². The molecule has 0 aliphatic carbocycles. The van der Waals surface area contributed by atoms with E-state index in [2.05, 4.69) is 5.43 Å². The number of nitro groups is 1. The van der Waals surface area contributed by atoms with Gasteiger partial charge >= 0.3 is 11.9 Å². The Morgan fingerprint density at radius 3 is 2.32 bits per heavy atom. The first-order valence-corrected chi connectivity index (χ1v) is 12.6. The Hall–Kier alpha value is -4.63. The molecule has 0 bridgehead atoms. The number of thiocarbonyl (C=S) groups is 1. The second-order valence-electron chi connectivity index (χ2n) is 8.14. The van der Waals surface area contributed by atoms with E-state index >= 15 is 0 Å². The first kappa shape index (κ1) is 29.4. The highest BCUT2D eigenvalue weighted by Gasteiger charge is 2.35. The maximum atomic E-state index is 13.0. The molecule has 0 unspecified atom stereocenters. The van der Waals surface area contributed by atoms with Gasteiger partial charge in [0, 0.05) is 11.6 Å². The average Bonchev–Trinajstić information content (AvgIpc) is 3.20. The van der Waals surface area contributed by atoms with E-state index in [9.17, 15) is 32.9 Å². The van der Waals surface area contributed by atoms with E-state index in [-0.39, 0.29) is 26.3 Å². The fourth-order valence-electron chi connectivity index (χ4n) is 3.52. The molecule has 15 heteroatoms. The Labute approximate surface area is 239 Å². The molecular weight excluding hydrogens is 587 g/mol. The first-order chi connectivity index (χ1) is 19.4. The van der Waals surface area contributed by atoms with Gasteiger partial charge in [0.05, 0.1) is 29.6 Å². The van der Waals surface area contributed by atoms with Crippen LogP contribution in [0.4, 0.5) is 18.9 Å². The number of hydrazine groups is 1. The molecule has 41 heavy (non-hydrogen) atoms. The van der Waals surface area contributed by atoms with Crippen molar-refractivity contribution in [3.05, 3.63) is 92.4 Å². The van der Waals surface area contributed by atoms with Gasteiger partial charge in [-0.2, -0.15) is 18.2 Å². The summed E-state index contributed by atoms with van der Waals surface area (Å²) in [7, 11) is 2.78. The van der Waals surface area contributed by atoms with E-state index < -0.39 is 39.9 Å². The Kier molecular flexibility index (Phi) is 8.49. The van der Waals surface area contributed by atoms with Crippen LogP contribution in [0.25, 0.3) is 6.08 Å². The monoisotopic (exact) mass is 605 g/mol. The number of hydrogen-bond acceptors (Lipinski definition) is 9. The second-order valence-corrected chi connectivity index (χ2v) is 9.81. The summed E-state index contributed by atoms with van der Waals surface area (Å²) in [6.07, 6.45) is -3.30. The van der Waals surface area contributed by atoms with E-state index in [1.54, 1.807) is 12.1 Å². The zero-order valence-corrected chi connectivity index (χ0v) is 22.7. The highest BCUT2D eigenvalue weighted by atomic mass is 32.2. The average molecular weight is 606 g/mol. The number of carbonyl (C=O) groups is 2. The molecule has 10 nitrogen and oxygen atoms in total. The molecule has 3 aromatic carbocycles. The number of ether oxygens (including phenoxy) is 3. The summed E-state index contributed by atoms with van der Waals surface area (Å²) >= 11 is 6.19. The molecule has 1 aliphatic heterocycles. The van der Waals surface area contributed by atoms with Gasteiger partial charge in [-0.1, -0.05) is 17.8 Å². The number of nitrogens with one attached hydrogen (secondary N) is 1. The Morgan fingerprint density at radius 1 is 1.02 bits per heavy atom. The molecule has 4 rings (SSSR count). The molecule has 1 saturated heterocycles. The number of methoxy groups -OCH3 is 2. The number of nitrogens with zero attached hydrogens (tertiary/aromatic N) is 2. The van der Waals surface area contributed by atoms with E-state index in [1.807, 2.05) is 0 Å². The summed E-state index contributed by atoms with van der Waals surface area (Å²) in [5.74, 6) is -0.961. The smallest absolute Gasteiger partial charge is 0.416 e. The maximum absolute atomic E-state index is 13.0. The fourth-order valence-corrected chi connectivity index (χ4v) is 4.70. The van der Waals surface area contributed by atoms with Gasteiger partial charge in [0.15, 0.2) is 15.8 Å². The molecule has 1 heterocycles. The molecular formula is C26H18F3N3O7S2. The third-order valence-electron chi connectivity index (χ3n) is 5.55. The number of halogens is 3. The van der Waals surface area contributed by atoms with E-state index in [4.69, 9.17) is 26.4 Å². The normalized spacial score (nSPS) is 14.3. The molecule has 3 aromatic rings. The zero-order chi connectivity index (χ0) is 29.9. The van der Waals surface area contributed by atoms with Crippen LogP contribution >= 0.6 is 24.0 Å². The van der Waals surface area contributed by atoms with Crippen molar-refractivity contribution in [3.63, 3.8) is 0 Å². The first-order valence-electron chi connectivity index (χ1n) is 11.4. The van der Waals surface area contributed by atoms with Crippen molar-refractivity contribution < 1.29 is 41.9 Å². The second kappa shape index (κ2) is 11.9. The van der Waals surface area contributed by atoms with Crippen molar-refractivity contribution in [1.82, 2.24) is 10.4 Å². The van der Waals surface area contributed by atoms with Crippen LogP contribution in [0.5, 0.6) is 23.0 Å². The number of alkyl halides is 3. The third-order valence-corrected chi connectivity index (χ3v) is 6.85. The van der Waals surface area contributed by atoms with Crippen molar-refractivity contribution in [2.24, 2.45) is 0 Å². The van der Waals surface area contributed by atoms with Crippen molar-refractivity contribution in [2.45, 2.75) is 6.18 Å².